The van der Waals surface area contributed by atoms with E-state index in [-0.39, 0.29) is 23.6 Å². The third kappa shape index (κ3) is 3.33. The summed E-state index contributed by atoms with van der Waals surface area (Å²) >= 11 is 5.91. The highest BCUT2D eigenvalue weighted by Crippen LogP contribution is 2.35. The maximum Gasteiger partial charge on any atom is 0.129 e. The number of hydrogen-bond acceptors (Lipinski definition) is 1. The molecule has 0 amide bonds. The third-order valence-corrected chi connectivity index (χ3v) is 2.57. The van der Waals surface area contributed by atoms with Gasteiger partial charge in [0, 0.05) is 16.6 Å². The molecule has 1 atom stereocenters. The molecule has 0 aliphatic carbocycles. The van der Waals surface area contributed by atoms with Crippen molar-refractivity contribution in [3.8, 4) is 0 Å². The van der Waals surface area contributed by atoms with Crippen molar-refractivity contribution in [2.45, 2.75) is 26.8 Å². The first-order valence-electron chi connectivity index (χ1n) is 4.53. The Morgan fingerprint density at radius 2 is 1.87 bits per heavy atom. The standard InChI is InChI=1S/C11H15ClFN.ClH/c1-11(2,3)10(14)9-7(12)5-4-6-8(9)13;/h4-6,10H,14H2,1-3H3;1H/t10-;/m1./s1. The van der Waals surface area contributed by atoms with E-state index in [0.717, 1.165) is 0 Å². The van der Waals surface area contributed by atoms with Gasteiger partial charge in [-0.2, -0.15) is 0 Å². The molecule has 86 valence electrons. The van der Waals surface area contributed by atoms with Crippen LogP contribution in [0.25, 0.3) is 0 Å². The molecule has 0 radical (unpaired) electrons. The first kappa shape index (κ1) is 14.7. The van der Waals surface area contributed by atoms with Gasteiger partial charge in [0.25, 0.3) is 0 Å². The zero-order chi connectivity index (χ0) is 10.9. The molecule has 0 heterocycles. The van der Waals surface area contributed by atoms with E-state index in [4.69, 9.17) is 17.3 Å². The van der Waals surface area contributed by atoms with E-state index in [2.05, 4.69) is 0 Å². The fourth-order valence-electron chi connectivity index (χ4n) is 1.24. The summed E-state index contributed by atoms with van der Waals surface area (Å²) in [4.78, 5) is 0. The van der Waals surface area contributed by atoms with Crippen LogP contribution >= 0.6 is 24.0 Å². The lowest BCUT2D eigenvalue weighted by molar-refractivity contribution is 0.319. The third-order valence-electron chi connectivity index (χ3n) is 2.24. The maximum atomic E-state index is 13.5. The summed E-state index contributed by atoms with van der Waals surface area (Å²) in [5.41, 5.74) is 6.15. The minimum atomic E-state index is -0.392. The van der Waals surface area contributed by atoms with Gasteiger partial charge in [0.05, 0.1) is 0 Å². The summed E-state index contributed by atoms with van der Waals surface area (Å²) in [6.07, 6.45) is 0. The Labute approximate surface area is 101 Å². The Bertz CT molecular complexity index is 314. The molecule has 2 N–H and O–H groups in total. The molecular weight excluding hydrogens is 236 g/mol. The topological polar surface area (TPSA) is 26.0 Å². The minimum absolute atomic E-state index is 0. The largest absolute Gasteiger partial charge is 0.323 e. The molecular formula is C11H16Cl2FN. The van der Waals surface area contributed by atoms with Crippen LogP contribution in [0.1, 0.15) is 32.4 Å². The molecule has 0 aliphatic rings. The van der Waals surface area contributed by atoms with Gasteiger partial charge in [-0.1, -0.05) is 38.4 Å². The van der Waals surface area contributed by atoms with Gasteiger partial charge in [-0.25, -0.2) is 4.39 Å². The van der Waals surface area contributed by atoms with Crippen LogP contribution in [0.5, 0.6) is 0 Å². The van der Waals surface area contributed by atoms with Gasteiger partial charge in [0.15, 0.2) is 0 Å². The van der Waals surface area contributed by atoms with Crippen molar-refractivity contribution in [3.05, 3.63) is 34.6 Å². The Kier molecular flexibility index (Phi) is 5.04. The Morgan fingerprint density at radius 1 is 1.33 bits per heavy atom. The van der Waals surface area contributed by atoms with Crippen molar-refractivity contribution in [1.29, 1.82) is 0 Å². The van der Waals surface area contributed by atoms with E-state index < -0.39 is 6.04 Å². The lowest BCUT2D eigenvalue weighted by Gasteiger charge is -2.28. The zero-order valence-corrected chi connectivity index (χ0v) is 10.6. The van der Waals surface area contributed by atoms with Gasteiger partial charge in [0.1, 0.15) is 5.82 Å². The molecule has 15 heavy (non-hydrogen) atoms. The van der Waals surface area contributed by atoms with Crippen LogP contribution in [0, 0.1) is 11.2 Å². The second-order valence-electron chi connectivity index (χ2n) is 4.48. The van der Waals surface area contributed by atoms with Gasteiger partial charge < -0.3 is 5.73 Å². The van der Waals surface area contributed by atoms with Crippen LogP contribution in [-0.4, -0.2) is 0 Å². The number of benzene rings is 1. The van der Waals surface area contributed by atoms with Crippen LogP contribution in [-0.2, 0) is 0 Å². The van der Waals surface area contributed by atoms with E-state index in [0.29, 0.717) is 10.6 Å². The molecule has 1 aromatic carbocycles. The molecule has 0 unspecified atom stereocenters. The van der Waals surface area contributed by atoms with Crippen molar-refractivity contribution in [2.75, 3.05) is 0 Å². The normalized spacial score (nSPS) is 13.2. The summed E-state index contributed by atoms with van der Waals surface area (Å²) in [7, 11) is 0. The number of halogens is 3. The Morgan fingerprint density at radius 3 is 2.27 bits per heavy atom. The van der Waals surface area contributed by atoms with Crippen LogP contribution < -0.4 is 5.73 Å². The van der Waals surface area contributed by atoms with Crippen molar-refractivity contribution in [3.63, 3.8) is 0 Å². The monoisotopic (exact) mass is 251 g/mol. The van der Waals surface area contributed by atoms with Crippen LogP contribution in [0.2, 0.25) is 5.02 Å². The van der Waals surface area contributed by atoms with Gasteiger partial charge in [-0.15, -0.1) is 12.4 Å². The predicted molar refractivity (Wildman–Crippen MR) is 65.0 cm³/mol. The molecule has 1 rings (SSSR count). The second kappa shape index (κ2) is 5.15. The summed E-state index contributed by atoms with van der Waals surface area (Å²) in [6, 6.07) is 4.23. The van der Waals surface area contributed by atoms with Gasteiger partial charge in [-0.3, -0.25) is 0 Å². The molecule has 0 fully saturated rings. The quantitative estimate of drug-likeness (QED) is 0.804. The van der Waals surface area contributed by atoms with Crippen LogP contribution in [0.4, 0.5) is 4.39 Å². The summed E-state index contributed by atoms with van der Waals surface area (Å²) in [5.74, 6) is -0.333. The van der Waals surface area contributed by atoms with Crippen molar-refractivity contribution in [1.82, 2.24) is 0 Å². The summed E-state index contributed by atoms with van der Waals surface area (Å²) < 4.78 is 13.5. The first-order chi connectivity index (χ1) is 6.34. The molecule has 1 aromatic rings. The maximum absolute atomic E-state index is 13.5. The lowest BCUT2D eigenvalue weighted by atomic mass is 9.83. The van der Waals surface area contributed by atoms with Crippen molar-refractivity contribution in [2.24, 2.45) is 11.1 Å². The zero-order valence-electron chi connectivity index (χ0n) is 9.05. The molecule has 0 aliphatic heterocycles. The Hall–Kier alpha value is -0.310. The van der Waals surface area contributed by atoms with Crippen LogP contribution in [0.3, 0.4) is 0 Å². The molecule has 4 heteroatoms. The predicted octanol–water partition coefficient (Wildman–Crippen LogP) is 3.95. The lowest BCUT2D eigenvalue weighted by Crippen LogP contribution is -2.27. The van der Waals surface area contributed by atoms with E-state index in [1.54, 1.807) is 12.1 Å². The molecule has 1 nitrogen and oxygen atoms in total. The fraction of sp³-hybridized carbons (Fsp3) is 0.455. The smallest absolute Gasteiger partial charge is 0.129 e. The van der Waals surface area contributed by atoms with E-state index >= 15 is 0 Å². The average Bonchev–Trinajstić information content (AvgIpc) is 2.01. The average molecular weight is 252 g/mol. The van der Waals surface area contributed by atoms with Crippen molar-refractivity contribution >= 4 is 24.0 Å². The number of nitrogens with two attached hydrogens (primary N) is 1. The molecule has 0 saturated carbocycles. The number of rotatable bonds is 1. The highest BCUT2D eigenvalue weighted by Gasteiger charge is 2.26. The van der Waals surface area contributed by atoms with Crippen molar-refractivity contribution < 1.29 is 4.39 Å². The number of hydrogen-bond donors (Lipinski definition) is 1. The van der Waals surface area contributed by atoms with Crippen LogP contribution in [0.15, 0.2) is 18.2 Å². The Balaban J connectivity index is 0.00000196. The molecule has 0 bridgehead atoms. The molecule has 0 saturated heterocycles. The molecule has 0 spiro atoms. The first-order valence-corrected chi connectivity index (χ1v) is 4.91. The van der Waals surface area contributed by atoms with E-state index in [9.17, 15) is 4.39 Å². The van der Waals surface area contributed by atoms with Gasteiger partial charge >= 0.3 is 0 Å². The van der Waals surface area contributed by atoms with Gasteiger partial charge in [-0.05, 0) is 17.5 Å². The SMILES string of the molecule is CC(C)(C)[C@H](N)c1c(F)cccc1Cl.Cl. The van der Waals surface area contributed by atoms with E-state index in [1.165, 1.54) is 6.07 Å². The molecule has 0 aromatic heterocycles. The highest BCUT2D eigenvalue weighted by molar-refractivity contribution is 6.31. The van der Waals surface area contributed by atoms with Gasteiger partial charge in [0.2, 0.25) is 0 Å². The summed E-state index contributed by atoms with van der Waals surface area (Å²) in [5, 5.41) is 0.396. The summed E-state index contributed by atoms with van der Waals surface area (Å²) in [6.45, 7) is 5.88. The second-order valence-corrected chi connectivity index (χ2v) is 4.89. The minimum Gasteiger partial charge on any atom is -0.323 e. The fourth-order valence-corrected chi connectivity index (χ4v) is 1.52. The highest BCUT2D eigenvalue weighted by atomic mass is 35.5. The van der Waals surface area contributed by atoms with E-state index in [1.807, 2.05) is 20.8 Å².